The molecule has 0 amide bonds. The quantitative estimate of drug-likeness (QED) is 0.828. The summed E-state index contributed by atoms with van der Waals surface area (Å²) in [5.74, 6) is 0.551. The van der Waals surface area contributed by atoms with Crippen molar-refractivity contribution in [1.82, 2.24) is 9.88 Å². The highest BCUT2D eigenvalue weighted by atomic mass is 16.3. The van der Waals surface area contributed by atoms with E-state index in [1.807, 2.05) is 19.2 Å². The highest BCUT2D eigenvalue weighted by Crippen LogP contribution is 2.30. The van der Waals surface area contributed by atoms with Crippen LogP contribution >= 0.6 is 0 Å². The first-order valence-corrected chi connectivity index (χ1v) is 6.19. The van der Waals surface area contributed by atoms with Gasteiger partial charge in [0.1, 0.15) is 5.82 Å². The van der Waals surface area contributed by atoms with Crippen molar-refractivity contribution in [2.45, 2.75) is 37.8 Å². The summed E-state index contributed by atoms with van der Waals surface area (Å²) < 4.78 is 0. The summed E-state index contributed by atoms with van der Waals surface area (Å²) in [6, 6.07) is 3.85. The number of hydrogen-bond donors (Lipinski definition) is 2. The van der Waals surface area contributed by atoms with Crippen LogP contribution in [0, 0.1) is 0 Å². The van der Waals surface area contributed by atoms with Crippen LogP contribution in [0.1, 0.15) is 31.2 Å². The zero-order chi connectivity index (χ0) is 12.3. The molecule has 1 heterocycles. The van der Waals surface area contributed by atoms with Gasteiger partial charge in [0.25, 0.3) is 0 Å². The van der Waals surface area contributed by atoms with Crippen molar-refractivity contribution in [3.8, 4) is 0 Å². The molecule has 4 nitrogen and oxygen atoms in total. The molecule has 0 spiro atoms. The summed E-state index contributed by atoms with van der Waals surface area (Å²) >= 11 is 0. The predicted octanol–water partition coefficient (Wildman–Crippen LogP) is 1.40. The molecule has 2 rings (SSSR count). The summed E-state index contributed by atoms with van der Waals surface area (Å²) in [5, 5.41) is 10.3. The van der Waals surface area contributed by atoms with Crippen LogP contribution in [-0.4, -0.2) is 34.2 Å². The molecule has 1 aromatic rings. The molecule has 0 aliphatic heterocycles. The molecule has 0 saturated heterocycles. The molecule has 94 valence electrons. The number of pyridine rings is 1. The van der Waals surface area contributed by atoms with Gasteiger partial charge in [-0.1, -0.05) is 12.8 Å². The second-order valence-electron chi connectivity index (χ2n) is 5.19. The molecule has 0 radical (unpaired) electrons. The van der Waals surface area contributed by atoms with Crippen LogP contribution in [0.15, 0.2) is 18.3 Å². The van der Waals surface area contributed by atoms with Crippen molar-refractivity contribution in [2.75, 3.05) is 19.3 Å². The number of nitrogen functional groups attached to an aromatic ring is 1. The molecule has 0 aromatic carbocycles. The average molecular weight is 235 g/mol. The molecule has 1 saturated carbocycles. The summed E-state index contributed by atoms with van der Waals surface area (Å²) in [5.41, 5.74) is 6.31. The Hall–Kier alpha value is -1.13. The Bertz CT molecular complexity index is 375. The van der Waals surface area contributed by atoms with Gasteiger partial charge in [-0.15, -0.1) is 0 Å². The third-order valence-electron chi connectivity index (χ3n) is 3.40. The minimum atomic E-state index is -0.479. The van der Waals surface area contributed by atoms with Gasteiger partial charge in [-0.3, -0.25) is 4.90 Å². The molecule has 4 heteroatoms. The van der Waals surface area contributed by atoms with Gasteiger partial charge in [0.2, 0.25) is 0 Å². The molecule has 0 atom stereocenters. The molecule has 0 bridgehead atoms. The first-order valence-electron chi connectivity index (χ1n) is 6.19. The van der Waals surface area contributed by atoms with Gasteiger partial charge < -0.3 is 10.8 Å². The van der Waals surface area contributed by atoms with Gasteiger partial charge >= 0.3 is 0 Å². The summed E-state index contributed by atoms with van der Waals surface area (Å²) in [7, 11) is 2.03. The van der Waals surface area contributed by atoms with Crippen molar-refractivity contribution in [2.24, 2.45) is 0 Å². The summed E-state index contributed by atoms with van der Waals surface area (Å²) in [4.78, 5) is 6.13. The largest absolute Gasteiger partial charge is 0.389 e. The lowest BCUT2D eigenvalue weighted by molar-refractivity contribution is 0.0145. The Kier molecular flexibility index (Phi) is 3.64. The van der Waals surface area contributed by atoms with E-state index in [9.17, 15) is 5.11 Å². The van der Waals surface area contributed by atoms with Crippen LogP contribution in [-0.2, 0) is 6.54 Å². The van der Waals surface area contributed by atoms with Gasteiger partial charge in [-0.25, -0.2) is 4.98 Å². The van der Waals surface area contributed by atoms with Crippen molar-refractivity contribution >= 4 is 5.82 Å². The summed E-state index contributed by atoms with van der Waals surface area (Å²) in [6.07, 6.45) is 5.87. The van der Waals surface area contributed by atoms with Crippen LogP contribution in [0.5, 0.6) is 0 Å². The fraction of sp³-hybridized carbons (Fsp3) is 0.615. The lowest BCUT2D eigenvalue weighted by atomic mass is 10.0. The lowest BCUT2D eigenvalue weighted by Crippen LogP contribution is -2.38. The number of hydrogen-bond acceptors (Lipinski definition) is 4. The number of rotatable bonds is 4. The van der Waals surface area contributed by atoms with E-state index in [2.05, 4.69) is 9.88 Å². The molecular weight excluding hydrogens is 214 g/mol. The maximum Gasteiger partial charge on any atom is 0.123 e. The average Bonchev–Trinajstić information content (AvgIpc) is 2.64. The van der Waals surface area contributed by atoms with Crippen molar-refractivity contribution in [3.05, 3.63) is 23.9 Å². The molecule has 1 aromatic heterocycles. The van der Waals surface area contributed by atoms with Crippen molar-refractivity contribution < 1.29 is 5.11 Å². The molecule has 3 N–H and O–H groups in total. The zero-order valence-electron chi connectivity index (χ0n) is 10.4. The van der Waals surface area contributed by atoms with E-state index < -0.39 is 5.60 Å². The van der Waals surface area contributed by atoms with E-state index in [0.717, 1.165) is 44.3 Å². The predicted molar refractivity (Wildman–Crippen MR) is 68.4 cm³/mol. The smallest absolute Gasteiger partial charge is 0.123 e. The second-order valence-corrected chi connectivity index (χ2v) is 5.19. The van der Waals surface area contributed by atoms with E-state index in [1.54, 1.807) is 6.20 Å². The normalized spacial score (nSPS) is 18.8. The first-order chi connectivity index (χ1) is 8.07. The Morgan fingerprint density at radius 2 is 2.18 bits per heavy atom. The highest BCUT2D eigenvalue weighted by molar-refractivity contribution is 5.31. The van der Waals surface area contributed by atoms with Crippen molar-refractivity contribution in [3.63, 3.8) is 0 Å². The number of anilines is 1. The monoisotopic (exact) mass is 235 g/mol. The lowest BCUT2D eigenvalue weighted by Gasteiger charge is -2.28. The molecular formula is C13H21N3O. The topological polar surface area (TPSA) is 62.4 Å². The molecule has 1 aliphatic rings. The first kappa shape index (κ1) is 12.3. The molecule has 0 unspecified atom stereocenters. The number of nitrogens with zero attached hydrogens (tertiary/aromatic N) is 2. The minimum absolute atomic E-state index is 0.479. The molecule has 1 aliphatic carbocycles. The number of likely N-dealkylation sites (N-methyl/N-ethyl adjacent to an activating group) is 1. The highest BCUT2D eigenvalue weighted by Gasteiger charge is 2.31. The number of aliphatic hydroxyl groups is 1. The zero-order valence-corrected chi connectivity index (χ0v) is 10.4. The Labute approximate surface area is 102 Å². The second kappa shape index (κ2) is 5.02. The van der Waals surface area contributed by atoms with Gasteiger partial charge in [0.15, 0.2) is 0 Å². The minimum Gasteiger partial charge on any atom is -0.389 e. The standard InChI is InChI=1S/C13H21N3O/c1-16(10-13(17)5-2-3-6-13)9-11-4-7-15-12(14)8-11/h4,7-8,17H,2-3,5-6,9-10H2,1H3,(H2,14,15). The third-order valence-corrected chi connectivity index (χ3v) is 3.40. The maximum atomic E-state index is 10.3. The van der Waals surface area contributed by atoms with Crippen LogP contribution in [0.4, 0.5) is 5.82 Å². The van der Waals surface area contributed by atoms with Gasteiger partial charge in [0, 0.05) is 19.3 Å². The maximum absolute atomic E-state index is 10.3. The van der Waals surface area contributed by atoms with Crippen LogP contribution < -0.4 is 5.73 Å². The van der Waals surface area contributed by atoms with Gasteiger partial charge in [-0.05, 0) is 37.6 Å². The third kappa shape index (κ3) is 3.41. The van der Waals surface area contributed by atoms with Crippen LogP contribution in [0.2, 0.25) is 0 Å². The SMILES string of the molecule is CN(Cc1ccnc(N)c1)CC1(O)CCCC1. The van der Waals surface area contributed by atoms with E-state index in [1.165, 1.54) is 0 Å². The van der Waals surface area contributed by atoms with E-state index >= 15 is 0 Å². The Morgan fingerprint density at radius 3 is 2.82 bits per heavy atom. The molecule has 1 fully saturated rings. The van der Waals surface area contributed by atoms with Gasteiger partial charge in [-0.2, -0.15) is 0 Å². The Morgan fingerprint density at radius 1 is 1.47 bits per heavy atom. The van der Waals surface area contributed by atoms with Crippen LogP contribution in [0.3, 0.4) is 0 Å². The fourth-order valence-electron chi connectivity index (χ4n) is 2.65. The molecule has 17 heavy (non-hydrogen) atoms. The van der Waals surface area contributed by atoms with E-state index in [0.29, 0.717) is 5.82 Å². The fourth-order valence-corrected chi connectivity index (χ4v) is 2.65. The number of nitrogens with two attached hydrogens (primary N) is 1. The Balaban J connectivity index is 1.90. The van der Waals surface area contributed by atoms with E-state index in [4.69, 9.17) is 5.73 Å². The number of aromatic nitrogens is 1. The van der Waals surface area contributed by atoms with Crippen LogP contribution in [0.25, 0.3) is 0 Å². The van der Waals surface area contributed by atoms with Gasteiger partial charge in [0.05, 0.1) is 5.60 Å². The van der Waals surface area contributed by atoms with Crippen molar-refractivity contribution in [1.29, 1.82) is 0 Å². The summed E-state index contributed by atoms with van der Waals surface area (Å²) in [6.45, 7) is 1.53. The van der Waals surface area contributed by atoms with E-state index in [-0.39, 0.29) is 0 Å².